The third-order valence-electron chi connectivity index (χ3n) is 3.17. The summed E-state index contributed by atoms with van der Waals surface area (Å²) in [6.45, 7) is 10.7. The molecule has 0 aliphatic rings. The number of hydrogen-bond acceptors (Lipinski definition) is 2. The van der Waals surface area contributed by atoms with Crippen LogP contribution in [0.15, 0.2) is 18.2 Å². The maximum Gasteiger partial charge on any atom is 0.167 e. The zero-order valence-corrected chi connectivity index (χ0v) is 11.5. The lowest BCUT2D eigenvalue weighted by atomic mass is 9.83. The lowest BCUT2D eigenvalue weighted by Gasteiger charge is -2.21. The average Bonchev–Trinajstić information content (AvgIpc) is 2.26. The fourth-order valence-corrected chi connectivity index (χ4v) is 1.73. The van der Waals surface area contributed by atoms with E-state index in [2.05, 4.69) is 26.8 Å². The van der Waals surface area contributed by atoms with Crippen LogP contribution >= 0.6 is 0 Å². The van der Waals surface area contributed by atoms with E-state index < -0.39 is 0 Å². The van der Waals surface area contributed by atoms with Gasteiger partial charge in [0.05, 0.1) is 0 Å². The highest BCUT2D eigenvalue weighted by atomic mass is 16.1. The second kappa shape index (κ2) is 5.01. The van der Waals surface area contributed by atoms with Gasteiger partial charge in [-0.05, 0) is 29.5 Å². The normalized spacial score (nSPS) is 13.5. The number of carbonyl (C=O) groups is 1. The van der Waals surface area contributed by atoms with Crippen molar-refractivity contribution in [3.63, 3.8) is 0 Å². The van der Waals surface area contributed by atoms with E-state index in [1.54, 1.807) is 0 Å². The van der Waals surface area contributed by atoms with Crippen molar-refractivity contribution in [3.05, 3.63) is 34.9 Å². The second-order valence-corrected chi connectivity index (χ2v) is 5.78. The third-order valence-corrected chi connectivity index (χ3v) is 3.17. The first-order valence-electron chi connectivity index (χ1n) is 6.12. The number of ketones is 1. The predicted molar refractivity (Wildman–Crippen MR) is 72.4 cm³/mol. The van der Waals surface area contributed by atoms with Crippen molar-refractivity contribution in [3.8, 4) is 0 Å². The van der Waals surface area contributed by atoms with Crippen molar-refractivity contribution in [2.75, 3.05) is 6.54 Å². The van der Waals surface area contributed by atoms with Crippen LogP contribution in [0.2, 0.25) is 0 Å². The Morgan fingerprint density at radius 2 is 1.94 bits per heavy atom. The van der Waals surface area contributed by atoms with Gasteiger partial charge in [-0.25, -0.2) is 0 Å². The largest absolute Gasteiger partial charge is 0.330 e. The van der Waals surface area contributed by atoms with Gasteiger partial charge in [0.1, 0.15) is 0 Å². The van der Waals surface area contributed by atoms with Gasteiger partial charge in [0.25, 0.3) is 0 Å². The molecule has 0 bridgehead atoms. The van der Waals surface area contributed by atoms with Gasteiger partial charge >= 0.3 is 0 Å². The molecule has 2 heteroatoms. The van der Waals surface area contributed by atoms with Crippen LogP contribution in [-0.4, -0.2) is 12.3 Å². The van der Waals surface area contributed by atoms with Crippen LogP contribution < -0.4 is 5.73 Å². The number of hydrogen-bond donors (Lipinski definition) is 1. The van der Waals surface area contributed by atoms with Crippen molar-refractivity contribution >= 4 is 5.78 Å². The van der Waals surface area contributed by atoms with E-state index in [-0.39, 0.29) is 17.1 Å². The molecule has 1 rings (SSSR count). The summed E-state index contributed by atoms with van der Waals surface area (Å²) < 4.78 is 0. The Balaban J connectivity index is 3.20. The molecule has 1 aromatic carbocycles. The molecule has 2 nitrogen and oxygen atoms in total. The summed E-state index contributed by atoms with van der Waals surface area (Å²) in [5, 5.41) is 0. The van der Waals surface area contributed by atoms with E-state index in [0.717, 1.165) is 11.1 Å². The van der Waals surface area contributed by atoms with E-state index in [9.17, 15) is 4.79 Å². The highest BCUT2D eigenvalue weighted by molar-refractivity contribution is 5.99. The van der Waals surface area contributed by atoms with Crippen LogP contribution in [-0.2, 0) is 5.41 Å². The van der Waals surface area contributed by atoms with Gasteiger partial charge in [-0.1, -0.05) is 39.8 Å². The number of rotatable bonds is 3. The van der Waals surface area contributed by atoms with Gasteiger partial charge in [-0.15, -0.1) is 0 Å². The van der Waals surface area contributed by atoms with Crippen LogP contribution in [0.3, 0.4) is 0 Å². The number of benzene rings is 1. The molecule has 17 heavy (non-hydrogen) atoms. The molecule has 0 saturated carbocycles. The number of nitrogens with two attached hydrogens (primary N) is 1. The van der Waals surface area contributed by atoms with E-state index in [1.165, 1.54) is 5.56 Å². The lowest BCUT2D eigenvalue weighted by Crippen LogP contribution is -2.22. The van der Waals surface area contributed by atoms with E-state index >= 15 is 0 Å². The van der Waals surface area contributed by atoms with Crippen LogP contribution in [0.25, 0.3) is 0 Å². The highest BCUT2D eigenvalue weighted by Crippen LogP contribution is 2.25. The summed E-state index contributed by atoms with van der Waals surface area (Å²) in [7, 11) is 0. The van der Waals surface area contributed by atoms with Gasteiger partial charge in [-0.3, -0.25) is 4.79 Å². The first-order valence-corrected chi connectivity index (χ1v) is 6.12. The first-order chi connectivity index (χ1) is 7.77. The Morgan fingerprint density at radius 3 is 2.41 bits per heavy atom. The summed E-state index contributed by atoms with van der Waals surface area (Å²) in [6, 6.07) is 6.14. The zero-order valence-electron chi connectivity index (χ0n) is 11.5. The highest BCUT2D eigenvalue weighted by Gasteiger charge is 2.19. The van der Waals surface area contributed by atoms with Crippen LogP contribution in [0.1, 0.15) is 49.2 Å². The summed E-state index contributed by atoms with van der Waals surface area (Å²) in [5.74, 6) is 0.0417. The molecule has 0 heterocycles. The molecule has 0 aliphatic heterocycles. The van der Waals surface area contributed by atoms with Crippen LogP contribution in [0.5, 0.6) is 0 Å². The van der Waals surface area contributed by atoms with Crippen molar-refractivity contribution in [2.45, 2.75) is 40.0 Å². The smallest absolute Gasteiger partial charge is 0.167 e. The Bertz CT molecular complexity index is 415. The Labute approximate surface area is 104 Å². The molecule has 0 amide bonds. The molecule has 2 N–H and O–H groups in total. The molecule has 0 fully saturated rings. The zero-order chi connectivity index (χ0) is 13.2. The van der Waals surface area contributed by atoms with Crippen molar-refractivity contribution < 1.29 is 4.79 Å². The van der Waals surface area contributed by atoms with Gasteiger partial charge in [0, 0.05) is 18.0 Å². The van der Waals surface area contributed by atoms with Crippen LogP contribution in [0, 0.1) is 12.8 Å². The quantitative estimate of drug-likeness (QED) is 0.815. The molecule has 0 radical (unpaired) electrons. The second-order valence-electron chi connectivity index (χ2n) is 5.78. The molecule has 0 saturated heterocycles. The SMILES string of the molecule is Cc1ccc(C(C)(C)C)cc1C(=O)C(C)CN. The van der Waals surface area contributed by atoms with Crippen molar-refractivity contribution in [2.24, 2.45) is 11.7 Å². The number of Topliss-reactive ketones (excluding diaryl/α,β-unsaturated/α-hetero) is 1. The molecule has 1 atom stereocenters. The number of aryl methyl sites for hydroxylation is 1. The number of carbonyl (C=O) groups excluding carboxylic acids is 1. The third kappa shape index (κ3) is 3.16. The van der Waals surface area contributed by atoms with Gasteiger partial charge < -0.3 is 5.73 Å². The Kier molecular flexibility index (Phi) is 4.10. The molecule has 0 aliphatic carbocycles. The Morgan fingerprint density at radius 1 is 1.35 bits per heavy atom. The van der Waals surface area contributed by atoms with E-state index in [0.29, 0.717) is 6.54 Å². The van der Waals surface area contributed by atoms with Crippen LogP contribution in [0.4, 0.5) is 0 Å². The summed E-state index contributed by atoms with van der Waals surface area (Å²) >= 11 is 0. The maximum absolute atomic E-state index is 12.2. The average molecular weight is 233 g/mol. The molecular weight excluding hydrogens is 210 g/mol. The summed E-state index contributed by atoms with van der Waals surface area (Å²) in [6.07, 6.45) is 0. The van der Waals surface area contributed by atoms with Crippen molar-refractivity contribution in [1.29, 1.82) is 0 Å². The van der Waals surface area contributed by atoms with Gasteiger partial charge in [0.15, 0.2) is 5.78 Å². The topological polar surface area (TPSA) is 43.1 Å². The van der Waals surface area contributed by atoms with Crippen molar-refractivity contribution in [1.82, 2.24) is 0 Å². The molecule has 0 aromatic heterocycles. The Hall–Kier alpha value is -1.15. The predicted octanol–water partition coefficient (Wildman–Crippen LogP) is 3.07. The van der Waals surface area contributed by atoms with E-state index in [1.807, 2.05) is 26.0 Å². The fourth-order valence-electron chi connectivity index (χ4n) is 1.73. The molecule has 1 aromatic rings. The maximum atomic E-state index is 12.2. The fraction of sp³-hybridized carbons (Fsp3) is 0.533. The minimum Gasteiger partial charge on any atom is -0.330 e. The standard InChI is InChI=1S/C15H23NO/c1-10-6-7-12(15(3,4)5)8-13(10)14(17)11(2)9-16/h6-8,11H,9,16H2,1-5H3. The molecule has 94 valence electrons. The van der Waals surface area contributed by atoms with E-state index in [4.69, 9.17) is 5.73 Å². The van der Waals surface area contributed by atoms with Gasteiger partial charge in [-0.2, -0.15) is 0 Å². The minimum absolute atomic E-state index is 0.0642. The molecule has 1 unspecified atom stereocenters. The molecule has 0 spiro atoms. The minimum atomic E-state index is -0.107. The first kappa shape index (κ1) is 13.9. The summed E-state index contributed by atoms with van der Waals surface area (Å²) in [5.41, 5.74) is 8.66. The molecular formula is C15H23NO. The van der Waals surface area contributed by atoms with Gasteiger partial charge in [0.2, 0.25) is 0 Å². The summed E-state index contributed by atoms with van der Waals surface area (Å²) in [4.78, 5) is 12.2. The lowest BCUT2D eigenvalue weighted by molar-refractivity contribution is 0.0933. The monoisotopic (exact) mass is 233 g/mol.